The van der Waals surface area contributed by atoms with Crippen LogP contribution in [0.15, 0.2) is 29.2 Å². The summed E-state index contributed by atoms with van der Waals surface area (Å²) >= 11 is 0. The molecule has 2 fully saturated rings. The predicted molar refractivity (Wildman–Crippen MR) is 93.3 cm³/mol. The molecule has 2 aliphatic heterocycles. The molecular formula is C17H23ClN4O. The van der Waals surface area contributed by atoms with E-state index < -0.39 is 0 Å². The van der Waals surface area contributed by atoms with E-state index in [9.17, 15) is 4.79 Å². The first-order valence-electron chi connectivity index (χ1n) is 8.06. The van der Waals surface area contributed by atoms with Crippen molar-refractivity contribution in [3.05, 3.63) is 46.0 Å². The molecule has 0 amide bonds. The highest BCUT2D eigenvalue weighted by Gasteiger charge is 2.40. The molecule has 1 atom stereocenters. The number of halogens is 1. The largest absolute Gasteiger partial charge is 0.316 e. The average Bonchev–Trinajstić information content (AvgIpc) is 3.11. The fourth-order valence-electron chi connectivity index (χ4n) is 3.87. The van der Waals surface area contributed by atoms with Crippen molar-refractivity contribution in [2.75, 3.05) is 26.2 Å². The molecule has 0 bridgehead atoms. The number of nitrogens with one attached hydrogen (secondary N) is 1. The minimum absolute atomic E-state index is 0. The number of aromatic nitrogens is 2. The molecular weight excluding hydrogens is 312 g/mol. The number of aryl methyl sites for hydroxylation is 1. The maximum atomic E-state index is 12.3. The van der Waals surface area contributed by atoms with Crippen LogP contribution in [0.5, 0.6) is 0 Å². The van der Waals surface area contributed by atoms with Gasteiger partial charge in [-0.05, 0) is 49.9 Å². The number of hydrogen-bond donors (Lipinski definition) is 1. The molecule has 1 unspecified atom stereocenters. The molecule has 2 aromatic rings. The van der Waals surface area contributed by atoms with E-state index >= 15 is 0 Å². The first-order valence-corrected chi connectivity index (χ1v) is 8.06. The number of fused-ring (bicyclic) bond motifs is 1. The summed E-state index contributed by atoms with van der Waals surface area (Å²) in [5, 5.41) is 3.48. The predicted octanol–water partition coefficient (Wildman–Crippen LogP) is 1.61. The Balaban J connectivity index is 0.00000156. The molecule has 6 heteroatoms. The number of nitrogens with zero attached hydrogens (tertiary/aromatic N) is 3. The van der Waals surface area contributed by atoms with Crippen LogP contribution < -0.4 is 10.9 Å². The number of likely N-dealkylation sites (tertiary alicyclic amines) is 1. The maximum Gasteiger partial charge on any atom is 0.258 e. The van der Waals surface area contributed by atoms with Gasteiger partial charge in [-0.15, -0.1) is 12.4 Å². The topological polar surface area (TPSA) is 49.6 Å². The summed E-state index contributed by atoms with van der Waals surface area (Å²) in [6.07, 6.45) is 4.38. The van der Waals surface area contributed by atoms with Gasteiger partial charge in [-0.3, -0.25) is 14.1 Å². The fraction of sp³-hybridized carbons (Fsp3) is 0.529. The average molecular weight is 335 g/mol. The molecule has 1 spiro atoms. The van der Waals surface area contributed by atoms with Crippen LogP contribution in [0.3, 0.4) is 0 Å². The summed E-state index contributed by atoms with van der Waals surface area (Å²) in [7, 11) is 0. The second-order valence-electron chi connectivity index (χ2n) is 6.91. The highest BCUT2D eigenvalue weighted by Crippen LogP contribution is 2.36. The summed E-state index contributed by atoms with van der Waals surface area (Å²) in [5.74, 6) is 0. The van der Waals surface area contributed by atoms with E-state index in [-0.39, 0.29) is 18.0 Å². The van der Waals surface area contributed by atoms with Gasteiger partial charge in [-0.25, -0.2) is 4.98 Å². The van der Waals surface area contributed by atoms with E-state index in [0.717, 1.165) is 49.6 Å². The van der Waals surface area contributed by atoms with E-state index in [0.29, 0.717) is 5.41 Å². The van der Waals surface area contributed by atoms with Gasteiger partial charge in [-0.2, -0.15) is 0 Å². The van der Waals surface area contributed by atoms with E-state index in [1.165, 1.54) is 12.8 Å². The van der Waals surface area contributed by atoms with Crippen LogP contribution in [0.2, 0.25) is 0 Å². The second-order valence-corrected chi connectivity index (χ2v) is 6.91. The number of hydrogen-bond acceptors (Lipinski definition) is 4. The maximum absolute atomic E-state index is 12.3. The van der Waals surface area contributed by atoms with Crippen LogP contribution in [-0.4, -0.2) is 40.5 Å². The van der Waals surface area contributed by atoms with Crippen molar-refractivity contribution in [2.45, 2.75) is 26.3 Å². The van der Waals surface area contributed by atoms with E-state index in [2.05, 4.69) is 15.2 Å². The Bertz CT molecular complexity index is 767. The van der Waals surface area contributed by atoms with E-state index in [4.69, 9.17) is 0 Å². The smallest absolute Gasteiger partial charge is 0.258 e. The summed E-state index contributed by atoms with van der Waals surface area (Å²) in [6.45, 7) is 7.27. The van der Waals surface area contributed by atoms with E-state index in [1.807, 2.05) is 25.3 Å². The first-order chi connectivity index (χ1) is 10.6. The molecule has 0 aromatic carbocycles. The Kier molecular flexibility index (Phi) is 4.45. The fourth-order valence-corrected chi connectivity index (χ4v) is 3.87. The molecule has 4 rings (SSSR count). The monoisotopic (exact) mass is 334 g/mol. The summed E-state index contributed by atoms with van der Waals surface area (Å²) in [4.78, 5) is 19.4. The molecule has 23 heavy (non-hydrogen) atoms. The molecule has 2 aromatic heterocycles. The minimum Gasteiger partial charge on any atom is -0.316 e. The third-order valence-electron chi connectivity index (χ3n) is 5.10. The Morgan fingerprint density at radius 1 is 1.35 bits per heavy atom. The molecule has 0 radical (unpaired) electrons. The summed E-state index contributed by atoms with van der Waals surface area (Å²) in [6, 6.07) is 5.61. The van der Waals surface area contributed by atoms with Crippen LogP contribution in [0.25, 0.3) is 5.65 Å². The van der Waals surface area contributed by atoms with Crippen molar-refractivity contribution in [3.8, 4) is 0 Å². The Morgan fingerprint density at radius 3 is 3.00 bits per heavy atom. The van der Waals surface area contributed by atoms with Gasteiger partial charge >= 0.3 is 0 Å². The molecule has 124 valence electrons. The summed E-state index contributed by atoms with van der Waals surface area (Å²) in [5.41, 5.74) is 3.17. The Hall–Kier alpha value is -1.43. The molecule has 2 aliphatic rings. The van der Waals surface area contributed by atoms with Crippen molar-refractivity contribution in [2.24, 2.45) is 5.41 Å². The molecule has 0 saturated carbocycles. The molecule has 0 aliphatic carbocycles. The van der Waals surface area contributed by atoms with Gasteiger partial charge in [0, 0.05) is 31.9 Å². The van der Waals surface area contributed by atoms with Crippen LogP contribution in [0, 0.1) is 12.3 Å². The van der Waals surface area contributed by atoms with Crippen molar-refractivity contribution in [1.29, 1.82) is 0 Å². The lowest BCUT2D eigenvalue weighted by Gasteiger charge is -2.22. The standard InChI is InChI=1S/C17H22N4O.ClH/c1-13-2-3-15-19-14(8-16(22)21(15)9-13)10-20-7-5-17(12-20)4-6-18-11-17;/h2-3,8-9,18H,4-7,10-12H2,1H3;1H. The van der Waals surface area contributed by atoms with Crippen LogP contribution >= 0.6 is 12.4 Å². The van der Waals surface area contributed by atoms with Crippen LogP contribution in [-0.2, 0) is 6.54 Å². The minimum atomic E-state index is 0. The van der Waals surface area contributed by atoms with Gasteiger partial charge in [0.25, 0.3) is 5.56 Å². The lowest BCUT2D eigenvalue weighted by molar-refractivity contribution is 0.266. The van der Waals surface area contributed by atoms with Crippen molar-refractivity contribution in [3.63, 3.8) is 0 Å². The zero-order chi connectivity index (χ0) is 15.2. The quantitative estimate of drug-likeness (QED) is 0.906. The Morgan fingerprint density at radius 2 is 2.22 bits per heavy atom. The van der Waals surface area contributed by atoms with Crippen molar-refractivity contribution < 1.29 is 0 Å². The third-order valence-corrected chi connectivity index (χ3v) is 5.10. The van der Waals surface area contributed by atoms with Gasteiger partial charge < -0.3 is 5.32 Å². The normalized spacial score (nSPS) is 24.4. The third kappa shape index (κ3) is 3.13. The SMILES string of the molecule is Cc1ccc2nc(CN3CCC4(CCNC4)C3)cc(=O)n2c1.Cl. The molecule has 1 N–H and O–H groups in total. The number of rotatable bonds is 2. The highest BCUT2D eigenvalue weighted by molar-refractivity contribution is 5.85. The zero-order valence-corrected chi connectivity index (χ0v) is 14.2. The van der Waals surface area contributed by atoms with Crippen molar-refractivity contribution in [1.82, 2.24) is 19.6 Å². The molecule has 5 nitrogen and oxygen atoms in total. The highest BCUT2D eigenvalue weighted by atomic mass is 35.5. The lowest BCUT2D eigenvalue weighted by atomic mass is 9.87. The van der Waals surface area contributed by atoms with Crippen molar-refractivity contribution >= 4 is 18.1 Å². The van der Waals surface area contributed by atoms with Gasteiger partial charge in [0.2, 0.25) is 0 Å². The van der Waals surface area contributed by atoms with Gasteiger partial charge in [-0.1, -0.05) is 6.07 Å². The molecule has 4 heterocycles. The van der Waals surface area contributed by atoms with Crippen LogP contribution in [0.1, 0.15) is 24.1 Å². The van der Waals surface area contributed by atoms with Crippen LogP contribution in [0.4, 0.5) is 0 Å². The van der Waals surface area contributed by atoms with Gasteiger partial charge in [0.05, 0.1) is 5.69 Å². The first kappa shape index (κ1) is 16.4. The zero-order valence-electron chi connectivity index (χ0n) is 13.4. The van der Waals surface area contributed by atoms with Gasteiger partial charge in [0.1, 0.15) is 5.65 Å². The molecule has 2 saturated heterocycles. The Labute approximate surface area is 142 Å². The van der Waals surface area contributed by atoms with Gasteiger partial charge in [0.15, 0.2) is 0 Å². The summed E-state index contributed by atoms with van der Waals surface area (Å²) < 4.78 is 1.63. The van der Waals surface area contributed by atoms with E-state index in [1.54, 1.807) is 10.5 Å². The number of pyridine rings is 1. The lowest BCUT2D eigenvalue weighted by Crippen LogP contribution is -2.29. The second kappa shape index (κ2) is 6.23.